The molecule has 0 aromatic carbocycles. The number of aromatic nitrogens is 2. The fourth-order valence-electron chi connectivity index (χ4n) is 2.56. The van der Waals surface area contributed by atoms with Crippen LogP contribution in [0.25, 0.3) is 0 Å². The molecule has 0 radical (unpaired) electrons. The molecule has 0 atom stereocenters. The Kier molecular flexibility index (Phi) is 4.24. The van der Waals surface area contributed by atoms with E-state index in [0.29, 0.717) is 6.54 Å². The van der Waals surface area contributed by atoms with Gasteiger partial charge in [0.25, 0.3) is 0 Å². The van der Waals surface area contributed by atoms with Crippen molar-refractivity contribution in [1.29, 1.82) is 0 Å². The Morgan fingerprint density at radius 2 is 2.00 bits per heavy atom. The number of aryl methyl sites for hydroxylation is 2. The largest absolute Gasteiger partial charge is 0.322 e. The van der Waals surface area contributed by atoms with Gasteiger partial charge in [0.05, 0.1) is 23.6 Å². The minimum atomic E-state index is 0.0637. The smallest absolute Gasteiger partial charge is 0.238 e. The van der Waals surface area contributed by atoms with Gasteiger partial charge in [-0.15, -0.1) is 0 Å². The molecule has 0 spiro atoms. The van der Waals surface area contributed by atoms with Crippen molar-refractivity contribution in [3.63, 3.8) is 0 Å². The summed E-state index contributed by atoms with van der Waals surface area (Å²) in [6.07, 6.45) is 2.39. The zero-order valence-corrected chi connectivity index (χ0v) is 12.4. The van der Waals surface area contributed by atoms with Crippen molar-refractivity contribution < 1.29 is 4.79 Å². The molecule has 106 valence electrons. The van der Waals surface area contributed by atoms with Crippen LogP contribution in [0.1, 0.15) is 31.2 Å². The van der Waals surface area contributed by atoms with Gasteiger partial charge in [-0.25, -0.2) is 0 Å². The summed E-state index contributed by atoms with van der Waals surface area (Å²) < 4.78 is 1.80. The van der Waals surface area contributed by atoms with Crippen molar-refractivity contribution in [2.75, 3.05) is 25.0 Å². The number of piperidine rings is 1. The zero-order chi connectivity index (χ0) is 14.0. The second-order valence-electron chi connectivity index (χ2n) is 5.68. The Morgan fingerprint density at radius 1 is 1.37 bits per heavy atom. The summed E-state index contributed by atoms with van der Waals surface area (Å²) in [5.41, 5.74) is 2.73. The lowest BCUT2D eigenvalue weighted by Crippen LogP contribution is -2.38. The number of rotatable bonds is 3. The number of carbonyl (C=O) groups is 1. The molecule has 5 nitrogen and oxygen atoms in total. The molecular weight excluding hydrogens is 240 g/mol. The van der Waals surface area contributed by atoms with E-state index in [0.717, 1.165) is 36.1 Å². The first kappa shape index (κ1) is 14.1. The molecule has 0 saturated carbocycles. The summed E-state index contributed by atoms with van der Waals surface area (Å²) in [5.74, 6) is 0.857. The van der Waals surface area contributed by atoms with Gasteiger partial charge in [-0.05, 0) is 45.7 Å². The Labute approximate surface area is 115 Å². The maximum Gasteiger partial charge on any atom is 0.238 e. The summed E-state index contributed by atoms with van der Waals surface area (Å²) in [6, 6.07) is 0. The van der Waals surface area contributed by atoms with E-state index in [1.54, 1.807) is 4.68 Å². The molecular formula is C14H24N4O. The second kappa shape index (κ2) is 5.74. The van der Waals surface area contributed by atoms with E-state index in [-0.39, 0.29) is 5.91 Å². The number of hydrogen-bond donors (Lipinski definition) is 1. The van der Waals surface area contributed by atoms with Crippen LogP contribution in [0.2, 0.25) is 0 Å². The van der Waals surface area contributed by atoms with Crippen molar-refractivity contribution in [2.24, 2.45) is 13.0 Å². The lowest BCUT2D eigenvalue weighted by molar-refractivity contribution is -0.117. The molecule has 1 aliphatic rings. The number of likely N-dealkylation sites (tertiary alicyclic amines) is 1. The molecule has 1 aromatic rings. The van der Waals surface area contributed by atoms with Gasteiger partial charge in [-0.2, -0.15) is 5.10 Å². The number of hydrogen-bond acceptors (Lipinski definition) is 3. The van der Waals surface area contributed by atoms with Crippen LogP contribution in [0.4, 0.5) is 5.69 Å². The standard InChI is InChI=1S/C14H24N4O/c1-10-5-7-18(8-6-10)9-13(19)15-14-11(2)16-17(4)12(14)3/h10H,5-9H2,1-4H3,(H,15,19). The van der Waals surface area contributed by atoms with Crippen molar-refractivity contribution in [1.82, 2.24) is 14.7 Å². The Hall–Kier alpha value is -1.36. The zero-order valence-electron chi connectivity index (χ0n) is 12.4. The summed E-state index contributed by atoms with van der Waals surface area (Å²) in [4.78, 5) is 14.3. The van der Waals surface area contributed by atoms with Crippen LogP contribution in [0, 0.1) is 19.8 Å². The molecule has 0 aliphatic carbocycles. The molecule has 2 heterocycles. The van der Waals surface area contributed by atoms with Crippen molar-refractivity contribution in [3.8, 4) is 0 Å². The van der Waals surface area contributed by atoms with E-state index in [4.69, 9.17) is 0 Å². The highest BCUT2D eigenvalue weighted by Crippen LogP contribution is 2.19. The van der Waals surface area contributed by atoms with Crippen LogP contribution in [-0.4, -0.2) is 40.2 Å². The Balaban J connectivity index is 1.91. The van der Waals surface area contributed by atoms with Crippen molar-refractivity contribution in [2.45, 2.75) is 33.6 Å². The highest BCUT2D eigenvalue weighted by atomic mass is 16.2. The molecule has 2 rings (SSSR count). The molecule has 0 bridgehead atoms. The van der Waals surface area contributed by atoms with Gasteiger partial charge in [-0.3, -0.25) is 14.4 Å². The van der Waals surface area contributed by atoms with Gasteiger partial charge in [0, 0.05) is 7.05 Å². The molecule has 1 N–H and O–H groups in total. The fraction of sp³-hybridized carbons (Fsp3) is 0.714. The summed E-state index contributed by atoms with van der Waals surface area (Å²) in [6.45, 7) is 8.71. The van der Waals surface area contributed by atoms with Crippen molar-refractivity contribution in [3.05, 3.63) is 11.4 Å². The monoisotopic (exact) mass is 264 g/mol. The Morgan fingerprint density at radius 3 is 2.53 bits per heavy atom. The number of amides is 1. The Bertz CT molecular complexity index is 458. The van der Waals surface area contributed by atoms with Gasteiger partial charge >= 0.3 is 0 Å². The lowest BCUT2D eigenvalue weighted by Gasteiger charge is -2.29. The number of nitrogens with zero attached hydrogens (tertiary/aromatic N) is 3. The van der Waals surface area contributed by atoms with Gasteiger partial charge in [0.1, 0.15) is 0 Å². The third-order valence-corrected chi connectivity index (χ3v) is 4.02. The second-order valence-corrected chi connectivity index (χ2v) is 5.68. The van der Waals surface area contributed by atoms with Crippen LogP contribution in [-0.2, 0) is 11.8 Å². The first-order valence-electron chi connectivity index (χ1n) is 6.99. The lowest BCUT2D eigenvalue weighted by atomic mass is 9.99. The molecule has 1 amide bonds. The average Bonchev–Trinajstić information content (AvgIpc) is 2.59. The maximum atomic E-state index is 12.1. The average molecular weight is 264 g/mol. The first-order valence-corrected chi connectivity index (χ1v) is 6.99. The first-order chi connectivity index (χ1) is 8.97. The summed E-state index contributed by atoms with van der Waals surface area (Å²) in [5, 5.41) is 7.30. The molecule has 1 saturated heterocycles. The fourth-order valence-corrected chi connectivity index (χ4v) is 2.56. The molecule has 1 aliphatic heterocycles. The van der Waals surface area contributed by atoms with Crippen LogP contribution >= 0.6 is 0 Å². The van der Waals surface area contributed by atoms with E-state index in [9.17, 15) is 4.79 Å². The molecule has 1 fully saturated rings. The number of carbonyl (C=O) groups excluding carboxylic acids is 1. The van der Waals surface area contributed by atoms with Crippen LogP contribution in [0.15, 0.2) is 0 Å². The minimum absolute atomic E-state index is 0.0637. The van der Waals surface area contributed by atoms with Crippen molar-refractivity contribution >= 4 is 11.6 Å². The van der Waals surface area contributed by atoms with E-state index in [1.807, 2.05) is 20.9 Å². The SMILES string of the molecule is Cc1nn(C)c(C)c1NC(=O)CN1CCC(C)CC1. The van der Waals surface area contributed by atoms with Gasteiger partial charge in [0.15, 0.2) is 0 Å². The predicted molar refractivity (Wildman–Crippen MR) is 76.1 cm³/mol. The van der Waals surface area contributed by atoms with Gasteiger partial charge < -0.3 is 5.32 Å². The minimum Gasteiger partial charge on any atom is -0.322 e. The van der Waals surface area contributed by atoms with Gasteiger partial charge in [-0.1, -0.05) is 6.92 Å². The molecule has 5 heteroatoms. The van der Waals surface area contributed by atoms with Crippen LogP contribution in [0.5, 0.6) is 0 Å². The molecule has 0 unspecified atom stereocenters. The number of anilines is 1. The number of nitrogens with one attached hydrogen (secondary N) is 1. The van der Waals surface area contributed by atoms with Crippen LogP contribution in [0.3, 0.4) is 0 Å². The van der Waals surface area contributed by atoms with E-state index in [1.165, 1.54) is 12.8 Å². The van der Waals surface area contributed by atoms with E-state index >= 15 is 0 Å². The predicted octanol–water partition coefficient (Wildman–Crippen LogP) is 1.71. The quantitative estimate of drug-likeness (QED) is 0.904. The highest BCUT2D eigenvalue weighted by Gasteiger charge is 2.19. The normalized spacial score (nSPS) is 17.7. The topological polar surface area (TPSA) is 50.2 Å². The third-order valence-electron chi connectivity index (χ3n) is 4.02. The maximum absolute atomic E-state index is 12.1. The van der Waals surface area contributed by atoms with E-state index < -0.39 is 0 Å². The molecule has 19 heavy (non-hydrogen) atoms. The summed E-state index contributed by atoms with van der Waals surface area (Å²) >= 11 is 0. The van der Waals surface area contributed by atoms with Crippen LogP contribution < -0.4 is 5.32 Å². The third kappa shape index (κ3) is 3.35. The molecule has 1 aromatic heterocycles. The summed E-state index contributed by atoms with van der Waals surface area (Å²) in [7, 11) is 1.89. The van der Waals surface area contributed by atoms with Gasteiger partial charge in [0.2, 0.25) is 5.91 Å². The highest BCUT2D eigenvalue weighted by molar-refractivity contribution is 5.93. The van der Waals surface area contributed by atoms with E-state index in [2.05, 4.69) is 22.2 Å².